The molecular formula is C5H9IN+. The van der Waals surface area contributed by atoms with E-state index in [0.29, 0.717) is 0 Å². The summed E-state index contributed by atoms with van der Waals surface area (Å²) in [6.07, 6.45) is 3.51. The molecule has 1 heterocycles. The van der Waals surface area contributed by atoms with Crippen molar-refractivity contribution < 1.29 is 4.58 Å². The average Bonchev–Trinajstić information content (AvgIpc) is 1.87. The zero-order chi connectivity index (χ0) is 5.28. The Balaban J connectivity index is 2.42. The Morgan fingerprint density at radius 3 is 2.71 bits per heavy atom. The second kappa shape index (κ2) is 2.11. The van der Waals surface area contributed by atoms with Gasteiger partial charge in [-0.1, -0.05) is 22.6 Å². The Morgan fingerprint density at radius 2 is 2.57 bits per heavy atom. The topological polar surface area (TPSA) is 3.01 Å². The van der Waals surface area contributed by atoms with Crippen molar-refractivity contribution in [3.05, 3.63) is 0 Å². The first-order valence-electron chi connectivity index (χ1n) is 2.46. The minimum atomic E-state index is 0.864. The van der Waals surface area contributed by atoms with Crippen LogP contribution in [-0.2, 0) is 0 Å². The molecule has 40 valence electrons. The van der Waals surface area contributed by atoms with E-state index in [9.17, 15) is 0 Å². The smallest absolute Gasteiger partial charge is 0.154 e. The molecule has 0 N–H and O–H groups in total. The summed E-state index contributed by atoms with van der Waals surface area (Å²) in [5.41, 5.74) is 0. The van der Waals surface area contributed by atoms with Crippen molar-refractivity contribution in [2.24, 2.45) is 0 Å². The van der Waals surface area contributed by atoms with E-state index >= 15 is 0 Å². The van der Waals surface area contributed by atoms with Gasteiger partial charge in [0, 0.05) is 6.42 Å². The molecule has 7 heavy (non-hydrogen) atoms. The van der Waals surface area contributed by atoms with Gasteiger partial charge >= 0.3 is 0 Å². The van der Waals surface area contributed by atoms with Gasteiger partial charge in [0.15, 0.2) is 6.54 Å². The van der Waals surface area contributed by atoms with Crippen molar-refractivity contribution in [3.8, 4) is 0 Å². The van der Waals surface area contributed by atoms with E-state index < -0.39 is 0 Å². The van der Waals surface area contributed by atoms with Crippen LogP contribution in [0, 0.1) is 0 Å². The molecule has 2 heteroatoms. The molecule has 0 bridgehead atoms. The highest BCUT2D eigenvalue weighted by Gasteiger charge is 2.15. The molecule has 1 atom stereocenters. The lowest BCUT2D eigenvalue weighted by molar-refractivity contribution is -0.482. The Morgan fingerprint density at radius 1 is 1.86 bits per heavy atom. The predicted octanol–water partition coefficient (Wildman–Crippen LogP) is 0.907. The molecule has 0 amide bonds. The lowest BCUT2D eigenvalue weighted by Gasteiger charge is -1.87. The van der Waals surface area contributed by atoms with Crippen LogP contribution in [0.15, 0.2) is 0 Å². The fraction of sp³-hybridized carbons (Fsp3) is 0.800. The zero-order valence-electron chi connectivity index (χ0n) is 4.39. The summed E-state index contributed by atoms with van der Waals surface area (Å²) in [6.45, 7) is 1.24. The van der Waals surface area contributed by atoms with Crippen LogP contribution in [0.4, 0.5) is 0 Å². The third-order valence-corrected chi connectivity index (χ3v) is 2.06. The van der Waals surface area contributed by atoms with Crippen molar-refractivity contribution in [1.29, 1.82) is 0 Å². The lowest BCUT2D eigenvalue weighted by Crippen LogP contribution is -2.05. The predicted molar refractivity (Wildman–Crippen MR) is 39.5 cm³/mol. The fourth-order valence-electron chi connectivity index (χ4n) is 0.756. The maximum atomic E-state index is 2.47. The van der Waals surface area contributed by atoms with Crippen LogP contribution in [0.5, 0.6) is 0 Å². The number of hydrogen-bond acceptors (Lipinski definition) is 0. The number of nitrogens with zero attached hydrogens (tertiary/aromatic N) is 1. The summed E-state index contributed by atoms with van der Waals surface area (Å²) in [5, 5.41) is 0. The third-order valence-electron chi connectivity index (χ3n) is 1.16. The van der Waals surface area contributed by atoms with E-state index in [-0.39, 0.29) is 0 Å². The van der Waals surface area contributed by atoms with Gasteiger partial charge in [0.2, 0.25) is 0 Å². The van der Waals surface area contributed by atoms with E-state index in [1.54, 1.807) is 0 Å². The van der Waals surface area contributed by atoms with Crippen molar-refractivity contribution in [2.45, 2.75) is 10.3 Å². The van der Waals surface area contributed by atoms with E-state index in [0.717, 1.165) is 3.92 Å². The Kier molecular flexibility index (Phi) is 1.67. The van der Waals surface area contributed by atoms with Crippen LogP contribution in [0.1, 0.15) is 6.42 Å². The van der Waals surface area contributed by atoms with Crippen LogP contribution in [0.3, 0.4) is 0 Å². The standard InChI is InChI=1S/C5H9IN/c1-7-3-2-5(6)4-7/h3,5H,2,4H2,1H3/q+1. The molecule has 1 aliphatic rings. The van der Waals surface area contributed by atoms with Gasteiger partial charge in [-0.05, 0) is 0 Å². The summed E-state index contributed by atoms with van der Waals surface area (Å²) in [4.78, 5) is 0. The molecule has 1 unspecified atom stereocenters. The van der Waals surface area contributed by atoms with Gasteiger partial charge in [0.05, 0.1) is 3.92 Å². The first-order chi connectivity index (χ1) is 3.29. The highest BCUT2D eigenvalue weighted by Crippen LogP contribution is 2.07. The number of halogens is 1. The van der Waals surface area contributed by atoms with Crippen molar-refractivity contribution in [3.63, 3.8) is 0 Å². The van der Waals surface area contributed by atoms with Gasteiger partial charge in [-0.15, -0.1) is 0 Å². The van der Waals surface area contributed by atoms with Gasteiger partial charge in [-0.3, -0.25) is 0 Å². The van der Waals surface area contributed by atoms with Crippen molar-refractivity contribution in [1.82, 2.24) is 0 Å². The molecule has 0 aromatic heterocycles. The number of alkyl halides is 1. The minimum absolute atomic E-state index is 0.864. The quantitative estimate of drug-likeness (QED) is 0.317. The van der Waals surface area contributed by atoms with Crippen LogP contribution in [-0.4, -0.2) is 28.3 Å². The van der Waals surface area contributed by atoms with E-state index in [1.807, 2.05) is 0 Å². The molecule has 0 aromatic rings. The molecule has 1 aliphatic heterocycles. The SMILES string of the molecule is C[N+]1=CCC(I)C1. The van der Waals surface area contributed by atoms with E-state index in [4.69, 9.17) is 0 Å². The molecule has 0 fully saturated rings. The molecular weight excluding hydrogens is 201 g/mol. The minimum Gasteiger partial charge on any atom is -0.241 e. The van der Waals surface area contributed by atoms with Crippen LogP contribution >= 0.6 is 22.6 Å². The largest absolute Gasteiger partial charge is 0.241 e. The Hall–Kier alpha value is 0.400. The van der Waals surface area contributed by atoms with Gasteiger partial charge in [0.25, 0.3) is 0 Å². The Labute approximate surface area is 57.6 Å². The summed E-state index contributed by atoms with van der Waals surface area (Å²) in [6, 6.07) is 0. The second-order valence-electron chi connectivity index (χ2n) is 1.96. The van der Waals surface area contributed by atoms with Crippen molar-refractivity contribution in [2.75, 3.05) is 13.6 Å². The number of hydrogen-bond donors (Lipinski definition) is 0. The molecule has 0 spiro atoms. The fourth-order valence-corrected chi connectivity index (χ4v) is 1.60. The summed E-state index contributed by atoms with van der Waals surface area (Å²) in [5.74, 6) is 0. The van der Waals surface area contributed by atoms with Gasteiger partial charge in [-0.25, -0.2) is 4.58 Å². The summed E-state index contributed by atoms with van der Waals surface area (Å²) in [7, 11) is 2.12. The van der Waals surface area contributed by atoms with E-state index in [2.05, 4.69) is 40.4 Å². The third kappa shape index (κ3) is 1.40. The van der Waals surface area contributed by atoms with Crippen molar-refractivity contribution >= 4 is 28.8 Å². The molecule has 1 nitrogen and oxygen atoms in total. The van der Waals surface area contributed by atoms with Crippen LogP contribution in [0.25, 0.3) is 0 Å². The monoisotopic (exact) mass is 210 g/mol. The lowest BCUT2D eigenvalue weighted by atomic mass is 10.4. The Bertz CT molecular complexity index is 98.3. The first kappa shape index (κ1) is 5.54. The molecule has 0 saturated carbocycles. The van der Waals surface area contributed by atoms with Crippen LogP contribution in [0.2, 0.25) is 0 Å². The molecule has 0 radical (unpaired) electrons. The summed E-state index contributed by atoms with van der Waals surface area (Å²) < 4.78 is 3.11. The highest BCUT2D eigenvalue weighted by molar-refractivity contribution is 14.1. The normalized spacial score (nSPS) is 30.6. The number of rotatable bonds is 0. The maximum Gasteiger partial charge on any atom is 0.154 e. The second-order valence-corrected chi connectivity index (χ2v) is 3.72. The summed E-state index contributed by atoms with van der Waals surface area (Å²) >= 11 is 2.47. The first-order valence-corrected chi connectivity index (χ1v) is 3.71. The average molecular weight is 210 g/mol. The molecule has 0 aromatic carbocycles. The van der Waals surface area contributed by atoms with Gasteiger partial charge in [0.1, 0.15) is 13.3 Å². The van der Waals surface area contributed by atoms with Gasteiger partial charge in [-0.2, -0.15) is 0 Å². The highest BCUT2D eigenvalue weighted by atomic mass is 127. The van der Waals surface area contributed by atoms with Crippen LogP contribution < -0.4 is 0 Å². The van der Waals surface area contributed by atoms with E-state index in [1.165, 1.54) is 13.0 Å². The molecule has 1 rings (SSSR count). The molecule has 0 aliphatic carbocycles. The molecule has 0 saturated heterocycles. The van der Waals surface area contributed by atoms with Gasteiger partial charge < -0.3 is 0 Å². The maximum absolute atomic E-state index is 2.47. The zero-order valence-corrected chi connectivity index (χ0v) is 6.55.